The van der Waals surface area contributed by atoms with Crippen molar-refractivity contribution in [3.05, 3.63) is 84.1 Å². The Bertz CT molecular complexity index is 1410. The predicted octanol–water partition coefficient (Wildman–Crippen LogP) is 6.05. The van der Waals surface area contributed by atoms with Crippen LogP contribution in [0.25, 0.3) is 21.0 Å². The van der Waals surface area contributed by atoms with Crippen molar-refractivity contribution < 1.29 is 21.6 Å². The fraction of sp³-hybridized carbons (Fsp3) is 0.240. The quantitative estimate of drug-likeness (QED) is 0.308. The third kappa shape index (κ3) is 6.01. The van der Waals surface area contributed by atoms with Gasteiger partial charge in [-0.3, -0.25) is 4.68 Å². The molecule has 0 saturated carbocycles. The summed E-state index contributed by atoms with van der Waals surface area (Å²) in [7, 11) is -3.38. The first-order valence-corrected chi connectivity index (χ1v) is 13.6. The molecule has 0 aliphatic rings. The van der Waals surface area contributed by atoms with E-state index in [1.54, 1.807) is 30.3 Å². The molecule has 2 heterocycles. The monoisotopic (exact) mass is 519 g/mol. The van der Waals surface area contributed by atoms with Gasteiger partial charge < -0.3 is 5.32 Å². The van der Waals surface area contributed by atoms with E-state index in [0.29, 0.717) is 29.2 Å². The van der Waals surface area contributed by atoms with Gasteiger partial charge >= 0.3 is 6.18 Å². The lowest BCUT2D eigenvalue weighted by molar-refractivity contribution is -0.141. The van der Waals surface area contributed by atoms with E-state index in [9.17, 15) is 21.6 Å². The maximum Gasteiger partial charge on any atom is 0.435 e. The molecular formula is C25H24F3N3O2S2. The molecule has 4 aromatic rings. The lowest BCUT2D eigenvalue weighted by atomic mass is 10.2. The number of benzene rings is 2. The maximum absolute atomic E-state index is 13.5. The first-order chi connectivity index (χ1) is 16.5. The second kappa shape index (κ2) is 9.96. The van der Waals surface area contributed by atoms with Gasteiger partial charge in [-0.1, -0.05) is 42.5 Å². The summed E-state index contributed by atoms with van der Waals surface area (Å²) in [5.74, 6) is 0. The zero-order valence-corrected chi connectivity index (χ0v) is 20.7. The van der Waals surface area contributed by atoms with E-state index in [1.807, 2.05) is 37.3 Å². The molecule has 10 heteroatoms. The average Bonchev–Trinajstić information content (AvgIpc) is 3.47. The number of halogens is 3. The Balaban J connectivity index is 1.62. The zero-order chi connectivity index (χ0) is 25.2. The molecule has 2 aromatic carbocycles. The van der Waals surface area contributed by atoms with E-state index >= 15 is 0 Å². The molecule has 0 spiro atoms. The number of alkyl halides is 3. The fourth-order valence-electron chi connectivity index (χ4n) is 3.67. The molecule has 1 atom stereocenters. The Labute approximate surface area is 206 Å². The summed E-state index contributed by atoms with van der Waals surface area (Å²) in [5, 5.41) is 7.17. The minimum absolute atomic E-state index is 0.187. The number of sulfone groups is 1. The minimum Gasteiger partial charge on any atom is -0.311 e. The number of hydrogen-bond acceptors (Lipinski definition) is 5. The molecule has 0 aliphatic heterocycles. The average molecular weight is 520 g/mol. The molecule has 2 aromatic heterocycles. The van der Waals surface area contributed by atoms with E-state index in [1.165, 1.54) is 22.1 Å². The Kier molecular flexibility index (Phi) is 7.16. The van der Waals surface area contributed by atoms with Crippen LogP contribution >= 0.6 is 11.3 Å². The van der Waals surface area contributed by atoms with Gasteiger partial charge in [0, 0.05) is 24.2 Å². The maximum atomic E-state index is 13.5. The van der Waals surface area contributed by atoms with E-state index in [-0.39, 0.29) is 10.9 Å². The molecule has 0 radical (unpaired) electrons. The summed E-state index contributed by atoms with van der Waals surface area (Å²) in [6.07, 6.45) is -3.43. The smallest absolute Gasteiger partial charge is 0.311 e. The fourth-order valence-corrected chi connectivity index (χ4v) is 5.35. The Hall–Kier alpha value is -2.95. The van der Waals surface area contributed by atoms with Crippen LogP contribution in [0, 0.1) is 0 Å². The van der Waals surface area contributed by atoms with Crippen LogP contribution in [0.2, 0.25) is 0 Å². The molecule has 0 aliphatic carbocycles. The van der Waals surface area contributed by atoms with Crippen molar-refractivity contribution in [3.8, 4) is 21.0 Å². The predicted molar refractivity (Wildman–Crippen MR) is 132 cm³/mol. The van der Waals surface area contributed by atoms with Crippen molar-refractivity contribution in [2.75, 3.05) is 12.8 Å². The molecular weight excluding hydrogens is 495 g/mol. The molecule has 0 bridgehead atoms. The second-order valence-electron chi connectivity index (χ2n) is 8.29. The van der Waals surface area contributed by atoms with Crippen LogP contribution in [0.15, 0.2) is 77.7 Å². The van der Waals surface area contributed by atoms with Crippen molar-refractivity contribution in [2.24, 2.45) is 0 Å². The topological polar surface area (TPSA) is 64.0 Å². The van der Waals surface area contributed by atoms with Crippen molar-refractivity contribution in [2.45, 2.75) is 30.6 Å². The van der Waals surface area contributed by atoms with E-state index in [0.717, 1.165) is 22.8 Å². The molecule has 35 heavy (non-hydrogen) atoms. The minimum atomic E-state index is -4.57. The van der Waals surface area contributed by atoms with Gasteiger partial charge in [-0.05, 0) is 48.4 Å². The normalized spacial score (nSPS) is 13.2. The van der Waals surface area contributed by atoms with Gasteiger partial charge in [-0.2, -0.15) is 18.3 Å². The van der Waals surface area contributed by atoms with Crippen LogP contribution in [0.4, 0.5) is 13.2 Å². The third-order valence-electron chi connectivity index (χ3n) is 5.46. The van der Waals surface area contributed by atoms with Gasteiger partial charge in [0.1, 0.15) is 0 Å². The van der Waals surface area contributed by atoms with E-state index < -0.39 is 21.7 Å². The number of rotatable bonds is 8. The second-order valence-corrected chi connectivity index (χ2v) is 11.4. The molecule has 1 unspecified atom stereocenters. The lowest BCUT2D eigenvalue weighted by Gasteiger charge is -2.16. The van der Waals surface area contributed by atoms with Crippen LogP contribution in [-0.4, -0.2) is 31.0 Å². The summed E-state index contributed by atoms with van der Waals surface area (Å²) >= 11 is 1.29. The Morgan fingerprint density at radius 3 is 2.40 bits per heavy atom. The number of aromatic nitrogens is 2. The van der Waals surface area contributed by atoms with Crippen molar-refractivity contribution in [1.82, 2.24) is 15.1 Å². The largest absolute Gasteiger partial charge is 0.435 e. The van der Waals surface area contributed by atoms with Gasteiger partial charge in [-0.25, -0.2) is 8.42 Å². The molecule has 184 valence electrons. The summed E-state index contributed by atoms with van der Waals surface area (Å²) in [4.78, 5) is 1.55. The molecule has 5 nitrogen and oxygen atoms in total. The first-order valence-electron chi connectivity index (χ1n) is 10.8. The number of nitrogens with one attached hydrogen (secondary N) is 1. The summed E-state index contributed by atoms with van der Waals surface area (Å²) in [6, 6.07) is 20.5. The molecule has 4 rings (SSSR count). The van der Waals surface area contributed by atoms with Gasteiger partial charge in [0.25, 0.3) is 0 Å². The number of thiophene rings is 1. The van der Waals surface area contributed by atoms with Crippen LogP contribution in [0.3, 0.4) is 0 Å². The molecule has 0 amide bonds. The van der Waals surface area contributed by atoms with Crippen LogP contribution in [0.1, 0.15) is 24.2 Å². The van der Waals surface area contributed by atoms with Crippen molar-refractivity contribution >= 4 is 21.2 Å². The first kappa shape index (κ1) is 25.2. The molecule has 0 fully saturated rings. The van der Waals surface area contributed by atoms with Crippen molar-refractivity contribution in [3.63, 3.8) is 0 Å². The highest BCUT2D eigenvalue weighted by molar-refractivity contribution is 7.90. The van der Waals surface area contributed by atoms with E-state index in [4.69, 9.17) is 0 Å². The Morgan fingerprint density at radius 2 is 1.71 bits per heavy atom. The molecule has 1 N–H and O–H groups in total. The van der Waals surface area contributed by atoms with Gasteiger partial charge in [-0.15, -0.1) is 11.3 Å². The van der Waals surface area contributed by atoms with Crippen molar-refractivity contribution in [1.29, 1.82) is 0 Å². The highest BCUT2D eigenvalue weighted by atomic mass is 32.2. The zero-order valence-electron chi connectivity index (χ0n) is 19.1. The lowest BCUT2D eigenvalue weighted by Crippen LogP contribution is -2.24. The summed E-state index contributed by atoms with van der Waals surface area (Å²) in [6.45, 7) is 2.84. The summed E-state index contributed by atoms with van der Waals surface area (Å²) < 4.78 is 65.8. The third-order valence-corrected chi connectivity index (χ3v) is 7.73. The molecule has 0 saturated heterocycles. The highest BCUT2D eigenvalue weighted by Crippen LogP contribution is 2.38. The number of hydrogen-bond donors (Lipinski definition) is 1. The van der Waals surface area contributed by atoms with Crippen LogP contribution in [0.5, 0.6) is 0 Å². The Morgan fingerprint density at radius 1 is 1.00 bits per heavy atom. The van der Waals surface area contributed by atoms with Gasteiger partial charge in [0.15, 0.2) is 15.5 Å². The van der Waals surface area contributed by atoms with Gasteiger partial charge in [0.2, 0.25) is 0 Å². The highest BCUT2D eigenvalue weighted by Gasteiger charge is 2.35. The SMILES string of the molecule is CC(CNCc1ccccc1)n1nc(C(F)(F)F)cc1-c1ccc(-c2cccc(S(C)(=O)=O)c2)s1. The number of nitrogens with zero attached hydrogens (tertiary/aromatic N) is 2. The van der Waals surface area contributed by atoms with E-state index in [2.05, 4.69) is 10.4 Å². The summed E-state index contributed by atoms with van der Waals surface area (Å²) in [5.41, 5.74) is 1.18. The van der Waals surface area contributed by atoms with Crippen LogP contribution in [-0.2, 0) is 22.6 Å². The standard InChI is InChI=1S/C25H24F3N3O2S2/c1-17(15-29-16-18-7-4-3-5-8-18)31-21(14-24(30-31)25(26,27)28)23-12-11-22(34-23)19-9-6-10-20(13-19)35(2,32)33/h3-14,17,29H,15-16H2,1-2H3. The van der Waals surface area contributed by atoms with Crippen LogP contribution < -0.4 is 5.32 Å². The van der Waals surface area contributed by atoms with Gasteiger partial charge in [0.05, 0.1) is 21.5 Å².